The molecule has 168 valence electrons. The van der Waals surface area contributed by atoms with Crippen molar-refractivity contribution in [3.8, 4) is 17.0 Å². The molecule has 0 radical (unpaired) electrons. The van der Waals surface area contributed by atoms with Gasteiger partial charge in [-0.1, -0.05) is 6.92 Å². The number of ether oxygens (including phenoxy) is 1. The molecule has 0 bridgehead atoms. The molecule has 4 rings (SSSR count). The molecule has 0 saturated heterocycles. The minimum absolute atomic E-state index is 0.298. The van der Waals surface area contributed by atoms with Crippen LogP contribution in [0.4, 0.5) is 19.0 Å². The van der Waals surface area contributed by atoms with Gasteiger partial charge in [-0.2, -0.15) is 10.2 Å². The zero-order chi connectivity index (χ0) is 22.7. The van der Waals surface area contributed by atoms with Crippen LogP contribution in [-0.4, -0.2) is 52.7 Å². The van der Waals surface area contributed by atoms with E-state index in [-0.39, 0.29) is 5.75 Å². The molecular weight excluding hydrogens is 423 g/mol. The van der Waals surface area contributed by atoms with Crippen LogP contribution in [-0.2, 0) is 0 Å². The van der Waals surface area contributed by atoms with Crippen molar-refractivity contribution < 1.29 is 17.9 Å². The average Bonchev–Trinajstić information content (AvgIpc) is 3.20. The highest BCUT2D eigenvalue weighted by Gasteiger charge is 2.31. The molecule has 1 aliphatic heterocycles. The highest BCUT2D eigenvalue weighted by molar-refractivity contribution is 5.94. The van der Waals surface area contributed by atoms with Crippen molar-refractivity contribution in [2.45, 2.75) is 26.6 Å². The number of nitrogens with zero attached hydrogens (tertiary/aromatic N) is 5. The number of hydrogen-bond donors (Lipinski definition) is 2. The van der Waals surface area contributed by atoms with Gasteiger partial charge in [-0.3, -0.25) is 15.5 Å². The van der Waals surface area contributed by atoms with Gasteiger partial charge in [0.05, 0.1) is 18.6 Å². The summed E-state index contributed by atoms with van der Waals surface area (Å²) in [4.78, 5) is 11.0. The van der Waals surface area contributed by atoms with Crippen LogP contribution in [0, 0.1) is 0 Å². The van der Waals surface area contributed by atoms with Crippen molar-refractivity contribution in [3.05, 3.63) is 36.5 Å². The third kappa shape index (κ3) is 4.98. The normalized spacial score (nSPS) is 15.1. The molecule has 3 heterocycles. The van der Waals surface area contributed by atoms with Gasteiger partial charge in [-0.25, -0.2) is 4.98 Å². The first kappa shape index (κ1) is 21.6. The quantitative estimate of drug-likeness (QED) is 0.456. The number of alkyl halides is 3. The molecule has 0 amide bonds. The first-order valence-corrected chi connectivity index (χ1v) is 10.1. The Morgan fingerprint density at radius 3 is 2.91 bits per heavy atom. The van der Waals surface area contributed by atoms with Crippen LogP contribution in [0.25, 0.3) is 22.2 Å². The van der Waals surface area contributed by atoms with Crippen LogP contribution in [0.2, 0.25) is 0 Å². The maximum absolute atomic E-state index is 12.6. The van der Waals surface area contributed by atoms with Gasteiger partial charge < -0.3 is 9.64 Å². The van der Waals surface area contributed by atoms with Gasteiger partial charge in [0, 0.05) is 29.4 Å². The molecule has 0 aliphatic carbocycles. The molecule has 32 heavy (non-hydrogen) atoms. The van der Waals surface area contributed by atoms with Crippen LogP contribution in [0.1, 0.15) is 20.3 Å². The number of benzene rings is 1. The number of pyridine rings is 1. The summed E-state index contributed by atoms with van der Waals surface area (Å²) in [5, 5.41) is 12.0. The van der Waals surface area contributed by atoms with Crippen molar-refractivity contribution in [2.24, 2.45) is 10.1 Å². The summed E-state index contributed by atoms with van der Waals surface area (Å²) in [5.41, 5.74) is 5.83. The lowest BCUT2D eigenvalue weighted by Gasteiger charge is -2.27. The van der Waals surface area contributed by atoms with Crippen LogP contribution >= 0.6 is 0 Å². The molecular formula is C21H22F3N7O. The average molecular weight is 445 g/mol. The fraction of sp³-hybridized carbons (Fsp3) is 0.333. The van der Waals surface area contributed by atoms with Gasteiger partial charge in [0.1, 0.15) is 23.1 Å². The van der Waals surface area contributed by atoms with Crippen LogP contribution < -0.4 is 15.1 Å². The highest BCUT2D eigenvalue weighted by atomic mass is 19.4. The standard InChI is InChI=1S/C21H22F3N7O/c1-3-13(2)27-29-18-12-31(9-8-25-18)19-10-14(6-7-26-19)20-16-11-15(32-21(22,23)24)4-5-17(16)28-30-20/h4-7,10-11H,3,8-9,12H2,1-2H3,(H,25,29)(H,28,30)/b27-13-. The molecule has 1 aliphatic rings. The predicted octanol–water partition coefficient (Wildman–Crippen LogP) is 4.12. The number of amidine groups is 1. The minimum Gasteiger partial charge on any atom is -0.406 e. The maximum Gasteiger partial charge on any atom is 0.573 e. The molecule has 2 aromatic heterocycles. The zero-order valence-corrected chi connectivity index (χ0v) is 17.6. The number of rotatable bonds is 5. The fourth-order valence-electron chi connectivity index (χ4n) is 3.27. The summed E-state index contributed by atoms with van der Waals surface area (Å²) in [6.45, 7) is 5.77. The minimum atomic E-state index is -4.76. The number of hydrazone groups is 1. The maximum atomic E-state index is 12.6. The van der Waals surface area contributed by atoms with E-state index in [0.717, 1.165) is 23.5 Å². The van der Waals surface area contributed by atoms with E-state index >= 15 is 0 Å². The lowest BCUT2D eigenvalue weighted by Crippen LogP contribution is -2.41. The second-order valence-corrected chi connectivity index (χ2v) is 7.29. The number of aliphatic imine (C=N–C) groups is 1. The SMILES string of the molecule is CC/C(C)=N\NC1=NCCN(c2cc(-c3n[nH]c4ccc(OC(F)(F)F)cc34)ccn2)C1. The Kier molecular flexibility index (Phi) is 5.97. The summed E-state index contributed by atoms with van der Waals surface area (Å²) in [7, 11) is 0. The second kappa shape index (κ2) is 8.85. The van der Waals surface area contributed by atoms with Crippen molar-refractivity contribution in [1.82, 2.24) is 20.6 Å². The lowest BCUT2D eigenvalue weighted by atomic mass is 10.1. The Morgan fingerprint density at radius 2 is 2.12 bits per heavy atom. The number of fused-ring (bicyclic) bond motifs is 1. The fourth-order valence-corrected chi connectivity index (χ4v) is 3.27. The second-order valence-electron chi connectivity index (χ2n) is 7.29. The largest absolute Gasteiger partial charge is 0.573 e. The van der Waals surface area contributed by atoms with Gasteiger partial charge in [-0.15, -0.1) is 13.2 Å². The zero-order valence-electron chi connectivity index (χ0n) is 17.6. The van der Waals surface area contributed by atoms with Gasteiger partial charge >= 0.3 is 6.36 Å². The smallest absolute Gasteiger partial charge is 0.406 e. The molecule has 0 saturated carbocycles. The van der Waals surface area contributed by atoms with Gasteiger partial charge in [-0.05, 0) is 43.7 Å². The molecule has 2 N–H and O–H groups in total. The first-order valence-electron chi connectivity index (χ1n) is 10.1. The summed E-state index contributed by atoms with van der Waals surface area (Å²) >= 11 is 0. The summed E-state index contributed by atoms with van der Waals surface area (Å²) in [6.07, 6.45) is -2.26. The summed E-state index contributed by atoms with van der Waals surface area (Å²) in [6, 6.07) is 7.71. The summed E-state index contributed by atoms with van der Waals surface area (Å²) in [5.74, 6) is 1.16. The van der Waals surface area contributed by atoms with E-state index in [1.54, 1.807) is 12.3 Å². The van der Waals surface area contributed by atoms with Crippen LogP contribution in [0.15, 0.2) is 46.6 Å². The number of aromatic amines is 1. The molecule has 1 aromatic carbocycles. The number of aromatic nitrogens is 3. The van der Waals surface area contributed by atoms with E-state index in [1.165, 1.54) is 18.2 Å². The van der Waals surface area contributed by atoms with E-state index in [4.69, 9.17) is 0 Å². The highest BCUT2D eigenvalue weighted by Crippen LogP contribution is 2.32. The van der Waals surface area contributed by atoms with Gasteiger partial charge in [0.25, 0.3) is 0 Å². The third-order valence-electron chi connectivity index (χ3n) is 5.01. The molecule has 3 aromatic rings. The number of nitrogens with one attached hydrogen (secondary N) is 2. The van der Waals surface area contributed by atoms with Crippen molar-refractivity contribution >= 4 is 28.3 Å². The van der Waals surface area contributed by atoms with E-state index in [2.05, 4.69) is 40.3 Å². The Balaban J connectivity index is 1.59. The van der Waals surface area contributed by atoms with E-state index in [0.29, 0.717) is 42.0 Å². The van der Waals surface area contributed by atoms with Crippen LogP contribution in [0.5, 0.6) is 5.75 Å². The Labute approximate surface area is 182 Å². The van der Waals surface area contributed by atoms with E-state index in [9.17, 15) is 13.2 Å². The predicted molar refractivity (Wildman–Crippen MR) is 117 cm³/mol. The molecule has 0 unspecified atom stereocenters. The first-order chi connectivity index (χ1) is 15.3. The van der Waals surface area contributed by atoms with Gasteiger partial charge in [0.2, 0.25) is 0 Å². The van der Waals surface area contributed by atoms with E-state index < -0.39 is 6.36 Å². The van der Waals surface area contributed by atoms with Gasteiger partial charge in [0.15, 0.2) is 0 Å². The topological polar surface area (TPSA) is 90.8 Å². The molecule has 8 nitrogen and oxygen atoms in total. The number of H-pyrrole nitrogens is 1. The Morgan fingerprint density at radius 1 is 1.28 bits per heavy atom. The molecule has 0 atom stereocenters. The van der Waals surface area contributed by atoms with Crippen molar-refractivity contribution in [3.63, 3.8) is 0 Å². The van der Waals surface area contributed by atoms with Crippen molar-refractivity contribution in [2.75, 3.05) is 24.5 Å². The molecule has 0 spiro atoms. The van der Waals surface area contributed by atoms with E-state index in [1.807, 2.05) is 19.9 Å². The van der Waals surface area contributed by atoms with Crippen LogP contribution in [0.3, 0.4) is 0 Å². The third-order valence-corrected chi connectivity index (χ3v) is 5.01. The number of hydrogen-bond acceptors (Lipinski definition) is 7. The Hall–Kier alpha value is -3.63. The molecule has 0 fully saturated rings. The number of anilines is 1. The number of halogens is 3. The Bertz CT molecular complexity index is 1170. The monoisotopic (exact) mass is 445 g/mol. The summed E-state index contributed by atoms with van der Waals surface area (Å²) < 4.78 is 41.9. The lowest BCUT2D eigenvalue weighted by molar-refractivity contribution is -0.274. The molecule has 11 heteroatoms. The van der Waals surface area contributed by atoms with Crippen molar-refractivity contribution in [1.29, 1.82) is 0 Å².